The van der Waals surface area contributed by atoms with Gasteiger partial charge in [0.05, 0.1) is 0 Å². The van der Waals surface area contributed by atoms with Crippen LogP contribution in [0.2, 0.25) is 0 Å². The molecule has 0 bridgehead atoms. The molecule has 34 heavy (non-hydrogen) atoms. The van der Waals surface area contributed by atoms with Crippen molar-refractivity contribution in [3.63, 3.8) is 0 Å². The quantitative estimate of drug-likeness (QED) is 0.457. The van der Waals surface area contributed by atoms with Crippen molar-refractivity contribution in [2.24, 2.45) is 0 Å². The number of nitrogens with zero attached hydrogens (tertiary/aromatic N) is 2. The number of ether oxygens (including phenoxy) is 1. The predicted molar refractivity (Wildman–Crippen MR) is 120 cm³/mol. The molecule has 0 saturated heterocycles. The summed E-state index contributed by atoms with van der Waals surface area (Å²) in [5.74, 6) is 2.56. The first-order valence-corrected chi connectivity index (χ1v) is 10.4. The lowest BCUT2D eigenvalue weighted by atomic mass is 9.98. The zero-order valence-corrected chi connectivity index (χ0v) is 18.1. The smallest absolute Gasteiger partial charge is 0.412 e. The predicted octanol–water partition coefficient (Wildman–Crippen LogP) is 3.03. The molecular weight excluding hydrogens is 440 g/mol. The lowest BCUT2D eigenvalue weighted by Gasteiger charge is -2.14. The van der Waals surface area contributed by atoms with Gasteiger partial charge in [-0.05, 0) is 39.5 Å². The van der Waals surface area contributed by atoms with E-state index in [0.29, 0.717) is 0 Å². The molecule has 0 aliphatic heterocycles. The number of aromatic nitrogens is 2. The SMILES string of the molecule is CC#CCC(NC(=O)c1nonc1NC(=O)OCC1c2ccccc2-c2ccccc21)C(=O)O. The number of carboxylic acid groups (broad SMARTS) is 1. The molecule has 0 fully saturated rings. The Morgan fingerprint density at radius 3 is 2.35 bits per heavy atom. The fourth-order valence-electron chi connectivity index (χ4n) is 3.78. The van der Waals surface area contributed by atoms with Gasteiger partial charge in [0, 0.05) is 12.3 Å². The molecule has 172 valence electrons. The summed E-state index contributed by atoms with van der Waals surface area (Å²) >= 11 is 0. The molecule has 1 atom stereocenters. The van der Waals surface area contributed by atoms with Gasteiger partial charge in [-0.1, -0.05) is 48.5 Å². The van der Waals surface area contributed by atoms with E-state index in [2.05, 4.69) is 37.4 Å². The van der Waals surface area contributed by atoms with Gasteiger partial charge in [-0.15, -0.1) is 11.8 Å². The van der Waals surface area contributed by atoms with Crippen molar-refractivity contribution < 1.29 is 28.9 Å². The minimum Gasteiger partial charge on any atom is -0.480 e. The number of benzene rings is 2. The van der Waals surface area contributed by atoms with Crippen LogP contribution >= 0.6 is 0 Å². The highest BCUT2D eigenvalue weighted by Crippen LogP contribution is 2.44. The summed E-state index contributed by atoms with van der Waals surface area (Å²) in [6, 6.07) is 14.5. The topological polar surface area (TPSA) is 144 Å². The fraction of sp³-hybridized carbons (Fsp3) is 0.208. The molecule has 3 aromatic rings. The van der Waals surface area contributed by atoms with Crippen molar-refractivity contribution in [2.75, 3.05) is 11.9 Å². The number of hydrogen-bond acceptors (Lipinski definition) is 7. The Kier molecular flexibility index (Phi) is 6.54. The van der Waals surface area contributed by atoms with Crippen LogP contribution in [0.1, 0.15) is 40.9 Å². The molecule has 1 heterocycles. The first-order valence-electron chi connectivity index (χ1n) is 10.4. The van der Waals surface area contributed by atoms with E-state index in [9.17, 15) is 19.5 Å². The maximum Gasteiger partial charge on any atom is 0.412 e. The van der Waals surface area contributed by atoms with Crippen molar-refractivity contribution in [1.82, 2.24) is 15.6 Å². The van der Waals surface area contributed by atoms with Crippen LogP contribution in [0.25, 0.3) is 11.1 Å². The van der Waals surface area contributed by atoms with Gasteiger partial charge >= 0.3 is 12.1 Å². The Hall–Kier alpha value is -4.65. The summed E-state index contributed by atoms with van der Waals surface area (Å²) in [6.45, 7) is 1.61. The number of anilines is 1. The largest absolute Gasteiger partial charge is 0.480 e. The first-order chi connectivity index (χ1) is 16.5. The van der Waals surface area contributed by atoms with Gasteiger partial charge in [0.2, 0.25) is 11.5 Å². The highest BCUT2D eigenvalue weighted by Gasteiger charge is 2.30. The molecule has 10 nitrogen and oxygen atoms in total. The van der Waals surface area contributed by atoms with Crippen molar-refractivity contribution in [1.29, 1.82) is 0 Å². The average Bonchev–Trinajstić information content (AvgIpc) is 3.42. The molecule has 0 radical (unpaired) electrons. The fourth-order valence-corrected chi connectivity index (χ4v) is 3.78. The van der Waals surface area contributed by atoms with Crippen LogP contribution in [0.15, 0.2) is 53.2 Å². The molecule has 2 amide bonds. The summed E-state index contributed by atoms with van der Waals surface area (Å²) in [6.07, 6.45) is -0.962. The first kappa shape index (κ1) is 22.5. The van der Waals surface area contributed by atoms with E-state index in [1.807, 2.05) is 48.5 Å². The highest BCUT2D eigenvalue weighted by molar-refractivity contribution is 6.01. The third-order valence-electron chi connectivity index (χ3n) is 5.35. The van der Waals surface area contributed by atoms with Gasteiger partial charge in [0.1, 0.15) is 12.6 Å². The lowest BCUT2D eigenvalue weighted by molar-refractivity contribution is -0.139. The number of nitrogens with one attached hydrogen (secondary N) is 2. The van der Waals surface area contributed by atoms with Crippen molar-refractivity contribution >= 4 is 23.8 Å². The number of hydrogen-bond donors (Lipinski definition) is 3. The minimum absolute atomic E-state index is 0.0590. The van der Waals surface area contributed by atoms with Crippen LogP contribution in [-0.2, 0) is 9.53 Å². The second-order valence-electron chi connectivity index (χ2n) is 7.41. The van der Waals surface area contributed by atoms with Crippen LogP contribution in [0.4, 0.5) is 10.6 Å². The second-order valence-corrected chi connectivity index (χ2v) is 7.41. The second kappa shape index (κ2) is 9.87. The van der Waals surface area contributed by atoms with E-state index in [0.717, 1.165) is 22.3 Å². The van der Waals surface area contributed by atoms with E-state index < -0.39 is 24.0 Å². The number of rotatable bonds is 7. The van der Waals surface area contributed by atoms with E-state index in [-0.39, 0.29) is 30.5 Å². The third-order valence-corrected chi connectivity index (χ3v) is 5.35. The van der Waals surface area contributed by atoms with Crippen molar-refractivity contribution in [2.45, 2.75) is 25.3 Å². The highest BCUT2D eigenvalue weighted by atomic mass is 16.6. The third kappa shape index (κ3) is 4.59. The summed E-state index contributed by atoms with van der Waals surface area (Å²) in [7, 11) is 0. The van der Waals surface area contributed by atoms with Crippen LogP contribution in [0.5, 0.6) is 0 Å². The molecule has 1 unspecified atom stereocenters. The molecule has 3 N–H and O–H groups in total. The van der Waals surface area contributed by atoms with Gasteiger partial charge in [-0.25, -0.2) is 14.2 Å². The normalized spacial score (nSPS) is 12.5. The number of fused-ring (bicyclic) bond motifs is 3. The van der Waals surface area contributed by atoms with E-state index >= 15 is 0 Å². The van der Waals surface area contributed by atoms with E-state index in [1.165, 1.54) is 0 Å². The van der Waals surface area contributed by atoms with Crippen LogP contribution in [0, 0.1) is 11.8 Å². The molecule has 1 aromatic heterocycles. The van der Waals surface area contributed by atoms with Crippen LogP contribution in [-0.4, -0.2) is 46.0 Å². The van der Waals surface area contributed by atoms with Crippen molar-refractivity contribution in [3.8, 4) is 23.0 Å². The number of aliphatic carboxylic acids is 1. The Bertz CT molecular complexity index is 1260. The molecule has 2 aromatic carbocycles. The zero-order chi connectivity index (χ0) is 24.1. The Labute approximate surface area is 194 Å². The summed E-state index contributed by atoms with van der Waals surface area (Å²) in [5, 5.41) is 20.8. The number of carbonyl (C=O) groups is 3. The van der Waals surface area contributed by atoms with Gasteiger partial charge < -0.3 is 15.2 Å². The summed E-state index contributed by atoms with van der Waals surface area (Å²) < 4.78 is 9.97. The van der Waals surface area contributed by atoms with Gasteiger partial charge in [0.25, 0.3) is 5.91 Å². The van der Waals surface area contributed by atoms with Crippen molar-refractivity contribution in [3.05, 3.63) is 65.4 Å². The van der Waals surface area contributed by atoms with Crippen LogP contribution in [0.3, 0.4) is 0 Å². The maximum absolute atomic E-state index is 12.5. The number of amides is 2. The standard InChI is InChI=1S/C24H20N4O6/c1-2-3-12-19(23(30)31)25-22(29)20-21(28-34-27-20)26-24(32)33-13-18-16-10-6-4-8-14(16)15-9-5-7-11-17(15)18/h4-11,18-19H,12-13H2,1H3,(H,25,29)(H,30,31)(H,26,28,32). The van der Waals surface area contributed by atoms with E-state index in [4.69, 9.17) is 4.74 Å². The Balaban J connectivity index is 1.41. The zero-order valence-electron chi connectivity index (χ0n) is 18.1. The monoisotopic (exact) mass is 460 g/mol. The molecule has 1 aliphatic rings. The average molecular weight is 460 g/mol. The van der Waals surface area contributed by atoms with Gasteiger partial charge in [0.15, 0.2) is 0 Å². The Morgan fingerprint density at radius 2 is 1.74 bits per heavy atom. The minimum atomic E-state index is -1.27. The number of carboxylic acids is 1. The molecule has 4 rings (SSSR count). The van der Waals surface area contributed by atoms with Gasteiger partial charge in [-0.2, -0.15) is 0 Å². The Morgan fingerprint density at radius 1 is 1.09 bits per heavy atom. The molecule has 0 saturated carbocycles. The molecule has 10 heteroatoms. The van der Waals surface area contributed by atoms with Gasteiger partial charge in [-0.3, -0.25) is 10.1 Å². The summed E-state index contributed by atoms with van der Waals surface area (Å²) in [4.78, 5) is 36.2. The maximum atomic E-state index is 12.5. The van der Waals surface area contributed by atoms with E-state index in [1.54, 1.807) is 6.92 Å². The molecular formula is C24H20N4O6. The van der Waals surface area contributed by atoms with Crippen LogP contribution < -0.4 is 10.6 Å². The lowest BCUT2D eigenvalue weighted by Crippen LogP contribution is -2.41. The molecule has 0 spiro atoms. The molecule has 1 aliphatic carbocycles. The number of carbonyl (C=O) groups excluding carboxylic acids is 2. The summed E-state index contributed by atoms with van der Waals surface area (Å²) in [5.41, 5.74) is 3.90.